The normalized spacial score (nSPS) is 19.2. The van der Waals surface area contributed by atoms with Crippen molar-refractivity contribution in [1.82, 2.24) is 10.2 Å². The van der Waals surface area contributed by atoms with Crippen LogP contribution < -0.4 is 14.4 Å². The Hall–Kier alpha value is -3.86. The number of aliphatic hydroxyl groups excluding tert-OH is 1. The molecule has 1 saturated heterocycles. The quantitative estimate of drug-likeness (QED) is 0.0753. The molecule has 4 aromatic rings. The van der Waals surface area contributed by atoms with Crippen LogP contribution in [-0.2, 0) is 21.8 Å². The number of rotatable bonds is 8. The van der Waals surface area contributed by atoms with E-state index in [9.17, 15) is 14.7 Å². The molecule has 2 aliphatic heterocycles. The van der Waals surface area contributed by atoms with Gasteiger partial charge in [0.1, 0.15) is 23.4 Å². The van der Waals surface area contributed by atoms with E-state index in [0.717, 1.165) is 16.9 Å². The van der Waals surface area contributed by atoms with E-state index in [1.54, 1.807) is 36.4 Å². The van der Waals surface area contributed by atoms with Crippen molar-refractivity contribution in [2.24, 2.45) is 0 Å². The fourth-order valence-electron chi connectivity index (χ4n) is 5.12. The number of amides is 1. The van der Waals surface area contributed by atoms with E-state index >= 15 is 0 Å². The number of Topliss-reactive ketones (excluding diaryl/α,β-unsaturated/α-hetero) is 1. The fourth-order valence-corrected chi connectivity index (χ4v) is 7.28. The van der Waals surface area contributed by atoms with Crippen molar-refractivity contribution in [3.63, 3.8) is 0 Å². The molecule has 11 heteroatoms. The van der Waals surface area contributed by atoms with Crippen molar-refractivity contribution in [3.05, 3.63) is 99.6 Å². The summed E-state index contributed by atoms with van der Waals surface area (Å²) in [7, 11) is 0. The van der Waals surface area contributed by atoms with E-state index in [-0.39, 0.29) is 22.6 Å². The number of hydrogen-bond acceptors (Lipinski definition) is 9. The average Bonchev–Trinajstić information content (AvgIpc) is 3.67. The summed E-state index contributed by atoms with van der Waals surface area (Å²) < 4.78 is 12.1. The number of hydrogen-bond donors (Lipinski definition) is 1. The number of thioether (sulfide) groups is 1. The summed E-state index contributed by atoms with van der Waals surface area (Å²) in [5.74, 6) is 0.0369. The number of ketones is 1. The number of carbonyl (C=O) groups is 2. The van der Waals surface area contributed by atoms with Crippen LogP contribution in [0.5, 0.6) is 11.5 Å². The van der Waals surface area contributed by atoms with E-state index in [1.165, 1.54) is 28.0 Å². The van der Waals surface area contributed by atoms with Gasteiger partial charge in [-0.15, -0.1) is 10.2 Å². The molecule has 1 N–H and O–H groups in total. The molecule has 2 atom stereocenters. The molecule has 42 heavy (non-hydrogen) atoms. The Morgan fingerprint density at radius 2 is 1.98 bits per heavy atom. The number of ether oxygens (including phenoxy) is 2. The number of nitrogens with zero attached hydrogens (tertiary/aromatic N) is 3. The molecule has 1 amide bonds. The number of halogens is 1. The number of aliphatic hydroxyl groups is 1. The van der Waals surface area contributed by atoms with Crippen LogP contribution >= 0.6 is 34.7 Å². The third-order valence-corrected chi connectivity index (χ3v) is 9.48. The second-order valence-electron chi connectivity index (χ2n) is 9.86. The number of anilines is 1. The monoisotopic (exact) mass is 619 g/mol. The maximum atomic E-state index is 13.6. The van der Waals surface area contributed by atoms with Crippen molar-refractivity contribution in [3.8, 4) is 11.5 Å². The van der Waals surface area contributed by atoms with E-state index in [0.29, 0.717) is 45.0 Å². The molecule has 0 radical (unpaired) electrons. The third kappa shape index (κ3) is 5.37. The van der Waals surface area contributed by atoms with Crippen LogP contribution in [0.15, 0.2) is 76.6 Å². The van der Waals surface area contributed by atoms with Gasteiger partial charge in [0.05, 0.1) is 18.2 Å². The number of aromatic nitrogens is 2. The molecular formula is C31H26ClN3O5S2. The predicted octanol–water partition coefficient (Wildman–Crippen LogP) is 6.83. The Labute approximate surface area is 255 Å². The molecule has 0 saturated carbocycles. The minimum Gasteiger partial charge on any atom is -0.507 e. The Bertz CT molecular complexity index is 1720. The van der Waals surface area contributed by atoms with Crippen molar-refractivity contribution in [2.45, 2.75) is 42.5 Å². The van der Waals surface area contributed by atoms with Gasteiger partial charge in [-0.2, -0.15) is 0 Å². The lowest BCUT2D eigenvalue weighted by Gasteiger charge is -2.23. The first-order chi connectivity index (χ1) is 20.3. The van der Waals surface area contributed by atoms with E-state index < -0.39 is 17.7 Å². The minimum absolute atomic E-state index is 0.0201. The van der Waals surface area contributed by atoms with E-state index in [1.807, 2.05) is 44.2 Å². The lowest BCUT2D eigenvalue weighted by Crippen LogP contribution is -2.29. The number of benzene rings is 3. The summed E-state index contributed by atoms with van der Waals surface area (Å²) in [5.41, 5.74) is 2.88. The molecule has 3 heterocycles. The molecule has 0 aliphatic carbocycles. The maximum Gasteiger partial charge on any atom is 0.301 e. The Morgan fingerprint density at radius 1 is 1.14 bits per heavy atom. The molecule has 2 aliphatic rings. The molecule has 0 unspecified atom stereocenters. The molecule has 1 fully saturated rings. The van der Waals surface area contributed by atoms with Crippen LogP contribution in [0.3, 0.4) is 0 Å². The van der Waals surface area contributed by atoms with Gasteiger partial charge in [0, 0.05) is 22.8 Å². The summed E-state index contributed by atoms with van der Waals surface area (Å²) in [5, 5.41) is 21.1. The maximum absolute atomic E-state index is 13.6. The van der Waals surface area contributed by atoms with Gasteiger partial charge in [-0.25, -0.2) is 0 Å². The van der Waals surface area contributed by atoms with Gasteiger partial charge in [-0.05, 0) is 66.9 Å². The second-order valence-corrected chi connectivity index (χ2v) is 12.4. The van der Waals surface area contributed by atoms with Gasteiger partial charge in [-0.1, -0.05) is 65.0 Å². The van der Waals surface area contributed by atoms with E-state index in [4.69, 9.17) is 21.1 Å². The number of fused-ring (bicyclic) bond motifs is 1. The fraction of sp³-hybridized carbons (Fsp3) is 0.226. The van der Waals surface area contributed by atoms with Crippen LogP contribution in [0, 0.1) is 0 Å². The van der Waals surface area contributed by atoms with Gasteiger partial charge in [0.25, 0.3) is 5.78 Å². The highest BCUT2D eigenvalue weighted by molar-refractivity contribution is 8.00. The highest BCUT2D eigenvalue weighted by Gasteiger charge is 2.48. The van der Waals surface area contributed by atoms with Gasteiger partial charge < -0.3 is 14.6 Å². The molecule has 0 bridgehead atoms. The zero-order valence-corrected chi connectivity index (χ0v) is 25.1. The molecule has 3 aromatic carbocycles. The molecule has 214 valence electrons. The molecule has 8 nitrogen and oxygen atoms in total. The summed E-state index contributed by atoms with van der Waals surface area (Å²) in [6.07, 6.45) is 0.705. The molecule has 1 aromatic heterocycles. The standard InChI is InChI=1S/C31H26ClN3O5S2/c1-3-39-22-9-6-8-18(15-22)26-25(27(36)19-11-12-24-21(14-19)13-17(2)40-24)28(37)29(38)35(26)30-33-34-31(42-30)41-16-20-7-4-5-10-23(20)32/h4-12,14-15,17,26,36H,3,13,16H2,1-2H3/t17-,26+/m1/s1. The Kier molecular flexibility index (Phi) is 7.94. The van der Waals surface area contributed by atoms with Crippen LogP contribution in [0.25, 0.3) is 5.76 Å². The lowest BCUT2D eigenvalue weighted by molar-refractivity contribution is -0.132. The first-order valence-corrected chi connectivity index (χ1v) is 15.6. The van der Waals surface area contributed by atoms with E-state index in [2.05, 4.69) is 10.2 Å². The largest absolute Gasteiger partial charge is 0.507 e. The zero-order chi connectivity index (χ0) is 29.4. The minimum atomic E-state index is -0.941. The summed E-state index contributed by atoms with van der Waals surface area (Å²) >= 11 is 8.94. The van der Waals surface area contributed by atoms with Crippen molar-refractivity contribution < 1.29 is 24.2 Å². The van der Waals surface area contributed by atoms with Gasteiger partial charge in [0.2, 0.25) is 5.13 Å². The summed E-state index contributed by atoms with van der Waals surface area (Å²) in [4.78, 5) is 28.5. The molecular weight excluding hydrogens is 594 g/mol. The zero-order valence-electron chi connectivity index (χ0n) is 22.7. The third-order valence-electron chi connectivity index (χ3n) is 7.01. The first kappa shape index (κ1) is 28.3. The average molecular weight is 620 g/mol. The molecule has 6 rings (SSSR count). The van der Waals surface area contributed by atoms with Gasteiger partial charge in [0.15, 0.2) is 4.34 Å². The van der Waals surface area contributed by atoms with Crippen LogP contribution in [0.1, 0.15) is 42.1 Å². The van der Waals surface area contributed by atoms with Crippen molar-refractivity contribution in [1.29, 1.82) is 0 Å². The predicted molar refractivity (Wildman–Crippen MR) is 164 cm³/mol. The van der Waals surface area contributed by atoms with Crippen LogP contribution in [0.2, 0.25) is 5.02 Å². The van der Waals surface area contributed by atoms with Crippen LogP contribution in [-0.4, -0.2) is 39.7 Å². The van der Waals surface area contributed by atoms with Crippen molar-refractivity contribution >= 4 is 57.3 Å². The SMILES string of the molecule is CCOc1cccc([C@H]2C(=C(O)c3ccc4c(c3)C[C@@H](C)O4)C(=O)C(=O)N2c2nnc(SCc3ccccc3Cl)s2)c1. The lowest BCUT2D eigenvalue weighted by atomic mass is 9.94. The summed E-state index contributed by atoms with van der Waals surface area (Å²) in [6, 6.07) is 19.1. The van der Waals surface area contributed by atoms with Crippen molar-refractivity contribution in [2.75, 3.05) is 11.5 Å². The topological polar surface area (TPSA) is 102 Å². The molecule has 0 spiro atoms. The summed E-state index contributed by atoms with van der Waals surface area (Å²) in [6.45, 7) is 4.29. The number of carbonyl (C=O) groups excluding carboxylic acids is 2. The Morgan fingerprint density at radius 3 is 2.79 bits per heavy atom. The van der Waals surface area contributed by atoms with Gasteiger partial charge >= 0.3 is 5.91 Å². The Balaban J connectivity index is 1.40. The first-order valence-electron chi connectivity index (χ1n) is 13.4. The smallest absolute Gasteiger partial charge is 0.301 e. The highest BCUT2D eigenvalue weighted by atomic mass is 35.5. The second kappa shape index (κ2) is 11.8. The van der Waals surface area contributed by atoms with Gasteiger partial charge in [-0.3, -0.25) is 14.5 Å². The van der Waals surface area contributed by atoms with Crippen LogP contribution in [0.4, 0.5) is 5.13 Å². The highest BCUT2D eigenvalue weighted by Crippen LogP contribution is 2.45.